The quantitative estimate of drug-likeness (QED) is 0.116. The molecule has 9 nitrogen and oxygen atoms in total. The molecule has 0 radical (unpaired) electrons. The Morgan fingerprint density at radius 1 is 0.784 bits per heavy atom. The number of carbonyl (C=O) groups is 2. The van der Waals surface area contributed by atoms with E-state index in [1.165, 1.54) is 6.20 Å². The predicted octanol–water partition coefficient (Wildman–Crippen LogP) is 7.76. The van der Waals surface area contributed by atoms with E-state index in [2.05, 4.69) is 27.4 Å². The topological polar surface area (TPSA) is 131 Å². The fourth-order valence-electron chi connectivity index (χ4n) is 5.97. The number of thioether (sulfide) groups is 1. The molecule has 6 aromatic rings. The number of benzene rings is 5. The Balaban J connectivity index is 1.07. The number of amides is 1. The lowest BCUT2D eigenvalue weighted by Gasteiger charge is -2.36. The Labute approximate surface area is 299 Å². The number of aromatic carboxylic acids is 1. The zero-order valence-corrected chi connectivity index (χ0v) is 28.3. The molecule has 1 amide bonds. The first-order valence-electron chi connectivity index (χ1n) is 16.6. The lowest BCUT2D eigenvalue weighted by atomic mass is 9.99. The number of carboxylic acids is 1. The van der Waals surface area contributed by atoms with Gasteiger partial charge in [-0.3, -0.25) is 9.78 Å². The second-order valence-electron chi connectivity index (χ2n) is 12.2. The minimum absolute atomic E-state index is 0.0308. The van der Waals surface area contributed by atoms with Crippen LogP contribution in [0.4, 0.5) is 0 Å². The summed E-state index contributed by atoms with van der Waals surface area (Å²) in [6, 6.07) is 38.2. The lowest BCUT2D eigenvalue weighted by molar-refractivity contribution is -0.245. The number of aliphatic hydroxyl groups excluding tert-OH is 1. The van der Waals surface area contributed by atoms with Crippen molar-refractivity contribution >= 4 is 34.7 Å². The minimum Gasteiger partial charge on any atom is -0.478 e. The first-order chi connectivity index (χ1) is 24.9. The Morgan fingerprint density at radius 3 is 2.29 bits per heavy atom. The van der Waals surface area contributed by atoms with Crippen molar-refractivity contribution in [2.24, 2.45) is 0 Å². The van der Waals surface area contributed by atoms with Gasteiger partial charge in [0.1, 0.15) is 5.69 Å². The SMILES string of the molecule is O=C(O)c1ccc(SCC2CC(c3ccc(CO)cc3)OC(c3cccc(-c4cccc(CNC(=O)c5cnc6ccccc6n5)c4)c3)O2)cc1. The van der Waals surface area contributed by atoms with E-state index < -0.39 is 12.3 Å². The molecule has 0 saturated carbocycles. The highest BCUT2D eigenvalue weighted by atomic mass is 32.2. The molecular formula is C41H35N3O6S. The third-order valence-corrected chi connectivity index (χ3v) is 9.85. The zero-order valence-electron chi connectivity index (χ0n) is 27.5. The van der Waals surface area contributed by atoms with Crippen molar-refractivity contribution < 1.29 is 29.3 Å². The highest BCUT2D eigenvalue weighted by Crippen LogP contribution is 2.40. The summed E-state index contributed by atoms with van der Waals surface area (Å²) in [4.78, 5) is 34.0. The molecule has 10 heteroatoms. The van der Waals surface area contributed by atoms with Crippen LogP contribution in [0.1, 0.15) is 61.9 Å². The van der Waals surface area contributed by atoms with Crippen LogP contribution in [-0.2, 0) is 22.6 Å². The lowest BCUT2D eigenvalue weighted by Crippen LogP contribution is -2.31. The van der Waals surface area contributed by atoms with Gasteiger partial charge in [-0.25, -0.2) is 9.78 Å². The maximum absolute atomic E-state index is 12.9. The average molecular weight is 698 g/mol. The van der Waals surface area contributed by atoms with E-state index >= 15 is 0 Å². The fraction of sp³-hybridized carbons (Fsp3) is 0.171. The summed E-state index contributed by atoms with van der Waals surface area (Å²) in [6.07, 6.45) is 1.10. The van der Waals surface area contributed by atoms with E-state index in [0.29, 0.717) is 24.2 Å². The minimum atomic E-state index is -0.953. The van der Waals surface area contributed by atoms with Gasteiger partial charge < -0.3 is 25.0 Å². The number of hydrogen-bond acceptors (Lipinski definition) is 8. The Morgan fingerprint density at radius 2 is 1.53 bits per heavy atom. The summed E-state index contributed by atoms with van der Waals surface area (Å²) < 4.78 is 13.2. The third kappa shape index (κ3) is 8.33. The Kier molecular flexibility index (Phi) is 10.5. The van der Waals surface area contributed by atoms with Crippen LogP contribution in [0.3, 0.4) is 0 Å². The van der Waals surface area contributed by atoms with Crippen molar-refractivity contribution in [2.75, 3.05) is 5.75 Å². The highest BCUT2D eigenvalue weighted by molar-refractivity contribution is 7.99. The normalized spacial score (nSPS) is 17.2. The van der Waals surface area contributed by atoms with Gasteiger partial charge in [0, 0.05) is 29.2 Å². The Bertz CT molecular complexity index is 2160. The standard InChI is InChI=1S/C41H35N3O6S/c45-24-26-11-13-28(14-12-26)38-21-33(25-51-34-17-15-29(16-18-34)40(47)48)49-41(50-38)32-8-4-7-31(20-32)30-6-3-5-27(19-30)22-43-39(46)37-23-42-35-9-1-2-10-36(35)44-37/h1-20,23,33,38,41,45H,21-22,24-25H2,(H,43,46)(H,47,48). The second-order valence-corrected chi connectivity index (χ2v) is 13.3. The summed E-state index contributed by atoms with van der Waals surface area (Å²) in [5, 5.41) is 21.8. The number of aromatic nitrogens is 2. The van der Waals surface area contributed by atoms with Gasteiger partial charge in [-0.2, -0.15) is 0 Å². The average Bonchev–Trinajstić information content (AvgIpc) is 3.19. The molecule has 0 spiro atoms. The number of aliphatic hydroxyl groups is 1. The van der Waals surface area contributed by atoms with Gasteiger partial charge in [-0.15, -0.1) is 11.8 Å². The smallest absolute Gasteiger partial charge is 0.335 e. The summed E-state index contributed by atoms with van der Waals surface area (Å²) in [5.41, 5.74) is 7.52. The molecule has 1 aliphatic heterocycles. The summed E-state index contributed by atoms with van der Waals surface area (Å²) >= 11 is 1.61. The summed E-state index contributed by atoms with van der Waals surface area (Å²) in [7, 11) is 0. The second kappa shape index (κ2) is 15.7. The van der Waals surface area contributed by atoms with Crippen LogP contribution in [-0.4, -0.2) is 43.9 Å². The van der Waals surface area contributed by atoms with Gasteiger partial charge in [-0.1, -0.05) is 72.8 Å². The molecule has 7 rings (SSSR count). The van der Waals surface area contributed by atoms with Crippen LogP contribution < -0.4 is 5.32 Å². The number of carboxylic acid groups (broad SMARTS) is 1. The largest absolute Gasteiger partial charge is 0.478 e. The monoisotopic (exact) mass is 697 g/mol. The van der Waals surface area contributed by atoms with Gasteiger partial charge in [-0.05, 0) is 76.3 Å². The molecule has 51 heavy (non-hydrogen) atoms. The van der Waals surface area contributed by atoms with Gasteiger partial charge >= 0.3 is 5.97 Å². The molecule has 3 atom stereocenters. The van der Waals surface area contributed by atoms with E-state index in [9.17, 15) is 19.8 Å². The fourth-order valence-corrected chi connectivity index (χ4v) is 6.89. The number of rotatable bonds is 11. The van der Waals surface area contributed by atoms with Crippen LogP contribution >= 0.6 is 11.8 Å². The zero-order chi connectivity index (χ0) is 35.2. The van der Waals surface area contributed by atoms with Crippen molar-refractivity contribution in [2.45, 2.75) is 43.0 Å². The third-order valence-electron chi connectivity index (χ3n) is 8.71. The number of carbonyl (C=O) groups excluding carboxylic acids is 1. The van der Waals surface area contributed by atoms with Gasteiger partial charge in [0.2, 0.25) is 0 Å². The van der Waals surface area contributed by atoms with Crippen LogP contribution in [0.5, 0.6) is 0 Å². The maximum atomic E-state index is 12.9. The summed E-state index contributed by atoms with van der Waals surface area (Å²) in [5.74, 6) is -0.599. The van der Waals surface area contributed by atoms with E-state index in [1.54, 1.807) is 23.9 Å². The van der Waals surface area contributed by atoms with Crippen LogP contribution in [0.2, 0.25) is 0 Å². The van der Waals surface area contributed by atoms with E-state index in [-0.39, 0.29) is 36.0 Å². The van der Waals surface area contributed by atoms with Crippen molar-refractivity contribution in [1.29, 1.82) is 0 Å². The van der Waals surface area contributed by atoms with Crippen LogP contribution in [0.25, 0.3) is 22.2 Å². The Hall–Kier alpha value is -5.39. The molecule has 0 bridgehead atoms. The number of para-hydroxylation sites is 2. The molecule has 256 valence electrons. The van der Waals surface area contributed by atoms with Gasteiger partial charge in [0.05, 0.1) is 41.6 Å². The van der Waals surface area contributed by atoms with E-state index in [4.69, 9.17) is 9.47 Å². The molecule has 3 unspecified atom stereocenters. The van der Waals surface area contributed by atoms with Crippen molar-refractivity contribution in [3.05, 3.63) is 161 Å². The van der Waals surface area contributed by atoms with Crippen LogP contribution in [0, 0.1) is 0 Å². The molecule has 5 aromatic carbocycles. The molecule has 3 N–H and O–H groups in total. The van der Waals surface area contributed by atoms with Gasteiger partial charge in [0.15, 0.2) is 6.29 Å². The van der Waals surface area contributed by atoms with E-state index in [0.717, 1.165) is 43.8 Å². The highest BCUT2D eigenvalue weighted by Gasteiger charge is 2.32. The van der Waals surface area contributed by atoms with Crippen molar-refractivity contribution in [1.82, 2.24) is 15.3 Å². The number of hydrogen-bond donors (Lipinski definition) is 3. The number of nitrogens with one attached hydrogen (secondary N) is 1. The number of ether oxygens (including phenoxy) is 2. The molecule has 1 saturated heterocycles. The molecule has 2 heterocycles. The predicted molar refractivity (Wildman–Crippen MR) is 195 cm³/mol. The van der Waals surface area contributed by atoms with Crippen molar-refractivity contribution in [3.8, 4) is 11.1 Å². The molecule has 1 aromatic heterocycles. The van der Waals surface area contributed by atoms with Gasteiger partial charge in [0.25, 0.3) is 5.91 Å². The van der Waals surface area contributed by atoms with Crippen molar-refractivity contribution in [3.63, 3.8) is 0 Å². The molecule has 1 fully saturated rings. The summed E-state index contributed by atoms with van der Waals surface area (Å²) in [6.45, 7) is 0.293. The van der Waals surface area contributed by atoms with E-state index in [1.807, 2.05) is 97.1 Å². The molecule has 1 aliphatic rings. The number of fused-ring (bicyclic) bond motifs is 1. The first-order valence-corrected chi connectivity index (χ1v) is 17.6. The first kappa shape index (κ1) is 34.1. The maximum Gasteiger partial charge on any atom is 0.335 e. The molecule has 0 aliphatic carbocycles. The van der Waals surface area contributed by atoms with Crippen LogP contribution in [0.15, 0.2) is 132 Å². The number of nitrogens with zero attached hydrogens (tertiary/aromatic N) is 2. The molecular weight excluding hydrogens is 663 g/mol.